The Morgan fingerprint density at radius 1 is 1.54 bits per heavy atom. The molecule has 0 fully saturated rings. The van der Waals surface area contributed by atoms with Crippen molar-refractivity contribution in [2.75, 3.05) is 5.88 Å². The molecular weight excluding hydrogens is 184 g/mol. The number of pyridine rings is 1. The third kappa shape index (κ3) is 4.25. The fourth-order valence-corrected chi connectivity index (χ4v) is 1.37. The number of nitrogens with one attached hydrogen (secondary N) is 1. The van der Waals surface area contributed by atoms with Crippen molar-refractivity contribution in [2.24, 2.45) is 0 Å². The van der Waals surface area contributed by atoms with Gasteiger partial charge in [0.25, 0.3) is 0 Å². The van der Waals surface area contributed by atoms with Crippen molar-refractivity contribution < 1.29 is 0 Å². The van der Waals surface area contributed by atoms with Crippen molar-refractivity contribution in [1.82, 2.24) is 10.3 Å². The summed E-state index contributed by atoms with van der Waals surface area (Å²) in [5, 5.41) is 3.35. The lowest BCUT2D eigenvalue weighted by Crippen LogP contribution is -2.26. The van der Waals surface area contributed by atoms with E-state index < -0.39 is 0 Å². The van der Waals surface area contributed by atoms with E-state index in [-0.39, 0.29) is 0 Å². The van der Waals surface area contributed by atoms with E-state index in [0.717, 1.165) is 18.7 Å². The van der Waals surface area contributed by atoms with E-state index in [4.69, 9.17) is 11.6 Å². The molecule has 1 rings (SSSR count). The summed E-state index contributed by atoms with van der Waals surface area (Å²) >= 11 is 5.62. The van der Waals surface area contributed by atoms with Crippen LogP contribution < -0.4 is 5.32 Å². The summed E-state index contributed by atoms with van der Waals surface area (Å²) in [5.74, 6) is 0.705. The molecule has 1 unspecified atom stereocenters. The number of rotatable bonds is 5. The van der Waals surface area contributed by atoms with Crippen molar-refractivity contribution in [1.29, 1.82) is 0 Å². The maximum Gasteiger partial charge on any atom is 0.0541 e. The molecule has 0 aliphatic carbocycles. The summed E-state index contributed by atoms with van der Waals surface area (Å²) in [4.78, 5) is 4.22. The molecule has 0 aliphatic rings. The highest BCUT2D eigenvalue weighted by atomic mass is 35.5. The summed E-state index contributed by atoms with van der Waals surface area (Å²) in [6, 6.07) is 6.39. The highest BCUT2D eigenvalue weighted by Gasteiger charge is 1.99. The molecule has 1 atom stereocenters. The normalized spacial score (nSPS) is 12.8. The van der Waals surface area contributed by atoms with E-state index in [1.165, 1.54) is 0 Å². The molecule has 1 aromatic rings. The third-order valence-corrected chi connectivity index (χ3v) is 2.12. The molecule has 0 aliphatic heterocycles. The molecule has 0 aromatic carbocycles. The maximum atomic E-state index is 5.62. The van der Waals surface area contributed by atoms with Crippen LogP contribution in [0.15, 0.2) is 24.4 Å². The van der Waals surface area contributed by atoms with Crippen molar-refractivity contribution in [3.05, 3.63) is 30.1 Å². The van der Waals surface area contributed by atoms with Gasteiger partial charge in [-0.25, -0.2) is 0 Å². The summed E-state index contributed by atoms with van der Waals surface area (Å²) in [6.07, 6.45) is 2.80. The van der Waals surface area contributed by atoms with Crippen molar-refractivity contribution in [2.45, 2.75) is 25.9 Å². The van der Waals surface area contributed by atoms with Crippen LogP contribution in [0.1, 0.15) is 19.0 Å². The third-order valence-electron chi connectivity index (χ3n) is 1.90. The number of hydrogen-bond acceptors (Lipinski definition) is 2. The first kappa shape index (κ1) is 10.5. The Labute approximate surface area is 84.3 Å². The van der Waals surface area contributed by atoms with Gasteiger partial charge in [0.05, 0.1) is 5.69 Å². The zero-order valence-electron chi connectivity index (χ0n) is 7.83. The number of aromatic nitrogens is 1. The molecule has 0 bridgehead atoms. The van der Waals surface area contributed by atoms with Crippen LogP contribution in [-0.4, -0.2) is 16.9 Å². The van der Waals surface area contributed by atoms with E-state index in [1.54, 1.807) is 0 Å². The molecule has 1 N–H and O–H groups in total. The van der Waals surface area contributed by atoms with Gasteiger partial charge in [0.1, 0.15) is 0 Å². The van der Waals surface area contributed by atoms with Crippen LogP contribution in [-0.2, 0) is 6.54 Å². The van der Waals surface area contributed by atoms with Crippen LogP contribution in [0.5, 0.6) is 0 Å². The quantitative estimate of drug-likeness (QED) is 0.734. The van der Waals surface area contributed by atoms with Gasteiger partial charge in [-0.15, -0.1) is 11.6 Å². The van der Waals surface area contributed by atoms with E-state index in [2.05, 4.69) is 17.2 Å². The molecule has 72 valence electrons. The fourth-order valence-electron chi connectivity index (χ4n) is 1.05. The molecule has 1 aromatic heterocycles. The average molecular weight is 199 g/mol. The van der Waals surface area contributed by atoms with Crippen LogP contribution in [0.4, 0.5) is 0 Å². The Morgan fingerprint density at radius 3 is 3.00 bits per heavy atom. The monoisotopic (exact) mass is 198 g/mol. The largest absolute Gasteiger partial charge is 0.309 e. The van der Waals surface area contributed by atoms with Gasteiger partial charge in [0.2, 0.25) is 0 Å². The lowest BCUT2D eigenvalue weighted by atomic mass is 10.2. The molecular formula is C10H15ClN2. The lowest BCUT2D eigenvalue weighted by Gasteiger charge is -2.11. The van der Waals surface area contributed by atoms with Crippen LogP contribution in [0.25, 0.3) is 0 Å². The molecule has 1 heterocycles. The van der Waals surface area contributed by atoms with Crippen molar-refractivity contribution in [3.63, 3.8) is 0 Å². The first-order valence-electron chi connectivity index (χ1n) is 4.52. The number of hydrogen-bond donors (Lipinski definition) is 1. The standard InChI is InChI=1S/C10H15ClN2/c1-9(5-6-11)13-8-10-4-2-3-7-12-10/h2-4,7,9,13H,5-6,8H2,1H3. The molecule has 0 spiro atoms. The molecule has 2 nitrogen and oxygen atoms in total. The fraction of sp³-hybridized carbons (Fsp3) is 0.500. The second-order valence-corrected chi connectivity index (χ2v) is 3.46. The van der Waals surface area contributed by atoms with Crippen LogP contribution in [0.2, 0.25) is 0 Å². The smallest absolute Gasteiger partial charge is 0.0541 e. The Balaban J connectivity index is 2.27. The van der Waals surface area contributed by atoms with Gasteiger partial charge in [-0.3, -0.25) is 4.98 Å². The average Bonchev–Trinajstić information content (AvgIpc) is 2.17. The van der Waals surface area contributed by atoms with Crippen molar-refractivity contribution in [3.8, 4) is 0 Å². The SMILES string of the molecule is CC(CCCl)NCc1ccccn1. The first-order chi connectivity index (χ1) is 6.33. The predicted molar refractivity (Wildman–Crippen MR) is 55.9 cm³/mol. The molecule has 0 saturated heterocycles. The van der Waals surface area contributed by atoms with E-state index in [0.29, 0.717) is 11.9 Å². The van der Waals surface area contributed by atoms with E-state index >= 15 is 0 Å². The minimum Gasteiger partial charge on any atom is -0.309 e. The highest BCUT2D eigenvalue weighted by Crippen LogP contribution is 1.96. The van der Waals surface area contributed by atoms with Gasteiger partial charge < -0.3 is 5.32 Å². The number of alkyl halides is 1. The summed E-state index contributed by atoms with van der Waals surface area (Å²) in [7, 11) is 0. The Bertz CT molecular complexity index is 226. The molecule has 0 saturated carbocycles. The molecule has 0 radical (unpaired) electrons. The van der Waals surface area contributed by atoms with E-state index in [1.807, 2.05) is 24.4 Å². The van der Waals surface area contributed by atoms with Gasteiger partial charge in [0, 0.05) is 24.7 Å². The highest BCUT2D eigenvalue weighted by molar-refractivity contribution is 6.17. The Hall–Kier alpha value is -0.600. The zero-order valence-corrected chi connectivity index (χ0v) is 8.59. The van der Waals surface area contributed by atoms with Crippen LogP contribution in [0.3, 0.4) is 0 Å². The lowest BCUT2D eigenvalue weighted by molar-refractivity contribution is 0.531. The predicted octanol–water partition coefficient (Wildman–Crippen LogP) is 2.19. The zero-order chi connectivity index (χ0) is 9.52. The van der Waals surface area contributed by atoms with Gasteiger partial charge >= 0.3 is 0 Å². The number of halogens is 1. The Morgan fingerprint density at radius 2 is 2.38 bits per heavy atom. The maximum absolute atomic E-state index is 5.62. The second kappa shape index (κ2) is 5.95. The van der Waals surface area contributed by atoms with Gasteiger partial charge in [-0.2, -0.15) is 0 Å². The minimum atomic E-state index is 0.458. The molecule has 3 heteroatoms. The van der Waals surface area contributed by atoms with Gasteiger partial charge in [0.15, 0.2) is 0 Å². The molecule has 0 amide bonds. The summed E-state index contributed by atoms with van der Waals surface area (Å²) in [6.45, 7) is 2.95. The second-order valence-electron chi connectivity index (χ2n) is 3.08. The minimum absolute atomic E-state index is 0.458. The van der Waals surface area contributed by atoms with Crippen LogP contribution in [0, 0.1) is 0 Å². The Kier molecular flexibility index (Phi) is 4.79. The topological polar surface area (TPSA) is 24.9 Å². The summed E-state index contributed by atoms with van der Waals surface area (Å²) < 4.78 is 0. The number of nitrogens with zero attached hydrogens (tertiary/aromatic N) is 1. The van der Waals surface area contributed by atoms with Crippen LogP contribution >= 0.6 is 11.6 Å². The molecule has 13 heavy (non-hydrogen) atoms. The van der Waals surface area contributed by atoms with Gasteiger partial charge in [-0.05, 0) is 25.5 Å². The van der Waals surface area contributed by atoms with Gasteiger partial charge in [-0.1, -0.05) is 6.07 Å². The van der Waals surface area contributed by atoms with Crippen molar-refractivity contribution >= 4 is 11.6 Å². The van der Waals surface area contributed by atoms with E-state index in [9.17, 15) is 0 Å². The summed E-state index contributed by atoms with van der Waals surface area (Å²) in [5.41, 5.74) is 1.07. The first-order valence-corrected chi connectivity index (χ1v) is 5.05.